The third kappa shape index (κ3) is 2.40. The quantitative estimate of drug-likeness (QED) is 0.766. The van der Waals surface area contributed by atoms with Crippen LogP contribution in [0.3, 0.4) is 0 Å². The van der Waals surface area contributed by atoms with E-state index in [1.807, 2.05) is 19.9 Å². The highest BCUT2D eigenvalue weighted by atomic mass is 16.3. The van der Waals surface area contributed by atoms with Gasteiger partial charge in [-0.15, -0.1) is 0 Å². The molecule has 0 heterocycles. The van der Waals surface area contributed by atoms with E-state index in [-0.39, 0.29) is 17.2 Å². The van der Waals surface area contributed by atoms with Crippen molar-refractivity contribution in [2.75, 3.05) is 0 Å². The van der Waals surface area contributed by atoms with E-state index in [0.29, 0.717) is 5.56 Å². The molecule has 0 amide bonds. The molecule has 1 rings (SSSR count). The first-order valence-corrected chi connectivity index (χ1v) is 4.94. The summed E-state index contributed by atoms with van der Waals surface area (Å²) in [4.78, 5) is 0. The summed E-state index contributed by atoms with van der Waals surface area (Å²) < 4.78 is 0. The average molecular weight is 212 g/mol. The maximum Gasteiger partial charge on any atom is 0.130 e. The Morgan fingerprint density at radius 3 is 2.44 bits per heavy atom. The summed E-state index contributed by atoms with van der Waals surface area (Å²) in [5.41, 5.74) is 1.30. The number of rotatable bonds is 2. The topological polar surface area (TPSA) is 67.8 Å². The summed E-state index contributed by atoms with van der Waals surface area (Å²) in [6, 6.07) is 8.83. The van der Waals surface area contributed by atoms with E-state index in [1.54, 1.807) is 24.3 Å². The minimum atomic E-state index is -0.0174. The molecule has 0 spiro atoms. The molecule has 0 saturated heterocycles. The molecular formula is C13H12N2O. The SMILES string of the molecule is CC(C)c1cccc(C=C(C#N)C#N)c1O. The fourth-order valence-electron chi connectivity index (χ4n) is 1.41. The first-order chi connectivity index (χ1) is 7.60. The molecule has 16 heavy (non-hydrogen) atoms. The number of hydrogen-bond donors (Lipinski definition) is 1. The predicted molar refractivity (Wildman–Crippen MR) is 61.4 cm³/mol. The molecule has 3 heteroatoms. The van der Waals surface area contributed by atoms with E-state index < -0.39 is 0 Å². The van der Waals surface area contributed by atoms with Gasteiger partial charge >= 0.3 is 0 Å². The first-order valence-electron chi connectivity index (χ1n) is 4.94. The zero-order valence-electron chi connectivity index (χ0n) is 9.23. The van der Waals surface area contributed by atoms with Gasteiger partial charge in [-0.05, 0) is 17.6 Å². The molecule has 0 aliphatic heterocycles. The molecule has 0 radical (unpaired) electrons. The van der Waals surface area contributed by atoms with Gasteiger partial charge in [0.2, 0.25) is 0 Å². The third-order valence-electron chi connectivity index (χ3n) is 2.26. The number of allylic oxidation sites excluding steroid dienone is 1. The van der Waals surface area contributed by atoms with E-state index in [2.05, 4.69) is 0 Å². The predicted octanol–water partition coefficient (Wildman–Crippen LogP) is 2.95. The smallest absolute Gasteiger partial charge is 0.130 e. The molecule has 0 fully saturated rings. The van der Waals surface area contributed by atoms with Gasteiger partial charge in [0, 0.05) is 5.56 Å². The maximum absolute atomic E-state index is 9.94. The van der Waals surface area contributed by atoms with E-state index in [1.165, 1.54) is 6.08 Å². The largest absolute Gasteiger partial charge is 0.507 e. The van der Waals surface area contributed by atoms with Crippen LogP contribution in [0.2, 0.25) is 0 Å². The van der Waals surface area contributed by atoms with Crippen molar-refractivity contribution in [2.45, 2.75) is 19.8 Å². The van der Waals surface area contributed by atoms with Crippen LogP contribution in [0.15, 0.2) is 23.8 Å². The molecule has 1 aromatic rings. The van der Waals surface area contributed by atoms with Crippen LogP contribution in [0.1, 0.15) is 30.9 Å². The minimum Gasteiger partial charge on any atom is -0.507 e. The monoisotopic (exact) mass is 212 g/mol. The van der Waals surface area contributed by atoms with Gasteiger partial charge in [-0.1, -0.05) is 32.0 Å². The molecule has 0 atom stereocenters. The standard InChI is InChI=1S/C13H12N2O/c1-9(2)12-5-3-4-11(13(12)16)6-10(7-14)8-15/h3-6,9,16H,1-2H3. The number of nitriles is 2. The zero-order chi connectivity index (χ0) is 12.1. The van der Waals surface area contributed by atoms with Gasteiger partial charge < -0.3 is 5.11 Å². The van der Waals surface area contributed by atoms with Gasteiger partial charge in [-0.25, -0.2) is 0 Å². The van der Waals surface area contributed by atoms with Crippen molar-refractivity contribution < 1.29 is 5.11 Å². The fourth-order valence-corrected chi connectivity index (χ4v) is 1.41. The van der Waals surface area contributed by atoms with Gasteiger partial charge in [0.25, 0.3) is 0 Å². The second-order valence-corrected chi connectivity index (χ2v) is 3.72. The van der Waals surface area contributed by atoms with E-state index in [9.17, 15) is 5.11 Å². The Kier molecular flexibility index (Phi) is 3.69. The van der Waals surface area contributed by atoms with Crippen molar-refractivity contribution in [3.05, 3.63) is 34.9 Å². The Morgan fingerprint density at radius 1 is 1.31 bits per heavy atom. The maximum atomic E-state index is 9.94. The van der Waals surface area contributed by atoms with Gasteiger partial charge in [0.15, 0.2) is 0 Å². The van der Waals surface area contributed by atoms with Crippen LogP contribution in [-0.4, -0.2) is 5.11 Å². The molecule has 0 bridgehead atoms. The molecular weight excluding hydrogens is 200 g/mol. The third-order valence-corrected chi connectivity index (χ3v) is 2.26. The highest BCUT2D eigenvalue weighted by Crippen LogP contribution is 2.30. The lowest BCUT2D eigenvalue weighted by molar-refractivity contribution is 0.463. The molecule has 0 aromatic heterocycles. The first kappa shape index (κ1) is 11.8. The summed E-state index contributed by atoms with van der Waals surface area (Å²) in [6.07, 6.45) is 1.39. The lowest BCUT2D eigenvalue weighted by Gasteiger charge is -2.09. The van der Waals surface area contributed by atoms with E-state index in [0.717, 1.165) is 5.56 Å². The molecule has 0 aliphatic carbocycles. The Morgan fingerprint density at radius 2 is 1.94 bits per heavy atom. The van der Waals surface area contributed by atoms with Gasteiger partial charge in [-0.3, -0.25) is 0 Å². The number of phenols is 1. The van der Waals surface area contributed by atoms with Crippen molar-refractivity contribution in [1.82, 2.24) is 0 Å². The van der Waals surface area contributed by atoms with Crippen LogP contribution in [0.25, 0.3) is 6.08 Å². The van der Waals surface area contributed by atoms with E-state index >= 15 is 0 Å². The average Bonchev–Trinajstić information content (AvgIpc) is 2.27. The number of phenolic OH excluding ortho intramolecular Hbond substituents is 1. The van der Waals surface area contributed by atoms with Crippen molar-refractivity contribution in [3.63, 3.8) is 0 Å². The summed E-state index contributed by atoms with van der Waals surface area (Å²) in [5.74, 6) is 0.335. The Labute approximate surface area is 94.9 Å². The minimum absolute atomic E-state index is 0.0174. The van der Waals surface area contributed by atoms with Crippen molar-refractivity contribution in [2.24, 2.45) is 0 Å². The van der Waals surface area contributed by atoms with Crippen LogP contribution in [0, 0.1) is 22.7 Å². The molecule has 0 unspecified atom stereocenters. The molecule has 0 saturated carbocycles. The normalized spacial score (nSPS) is 9.31. The molecule has 3 nitrogen and oxygen atoms in total. The zero-order valence-corrected chi connectivity index (χ0v) is 9.23. The van der Waals surface area contributed by atoms with Gasteiger partial charge in [0.1, 0.15) is 23.5 Å². The van der Waals surface area contributed by atoms with Crippen molar-refractivity contribution in [1.29, 1.82) is 10.5 Å². The van der Waals surface area contributed by atoms with E-state index in [4.69, 9.17) is 10.5 Å². The Bertz CT molecular complexity index is 486. The number of para-hydroxylation sites is 1. The molecule has 0 aliphatic rings. The summed E-state index contributed by atoms with van der Waals surface area (Å²) in [5, 5.41) is 27.2. The second-order valence-electron chi connectivity index (χ2n) is 3.72. The molecule has 1 aromatic carbocycles. The second kappa shape index (κ2) is 5.00. The number of aromatic hydroxyl groups is 1. The number of benzene rings is 1. The van der Waals surface area contributed by atoms with Crippen molar-refractivity contribution >= 4 is 6.08 Å². The molecule has 1 N–H and O–H groups in total. The summed E-state index contributed by atoms with van der Waals surface area (Å²) in [6.45, 7) is 3.94. The Hall–Kier alpha value is -2.26. The lowest BCUT2D eigenvalue weighted by atomic mass is 9.98. The van der Waals surface area contributed by atoms with Crippen molar-refractivity contribution in [3.8, 4) is 17.9 Å². The number of hydrogen-bond acceptors (Lipinski definition) is 3. The fraction of sp³-hybridized carbons (Fsp3) is 0.231. The van der Waals surface area contributed by atoms with Crippen LogP contribution in [0.5, 0.6) is 5.75 Å². The number of nitrogens with zero attached hydrogens (tertiary/aromatic N) is 2. The lowest BCUT2D eigenvalue weighted by Crippen LogP contribution is -1.90. The van der Waals surface area contributed by atoms with Crippen LogP contribution in [-0.2, 0) is 0 Å². The molecule has 80 valence electrons. The summed E-state index contributed by atoms with van der Waals surface area (Å²) in [7, 11) is 0. The van der Waals surface area contributed by atoms with Gasteiger partial charge in [0.05, 0.1) is 0 Å². The summed E-state index contributed by atoms with van der Waals surface area (Å²) >= 11 is 0. The van der Waals surface area contributed by atoms with Crippen LogP contribution < -0.4 is 0 Å². The Balaban J connectivity index is 3.29. The highest BCUT2D eigenvalue weighted by Gasteiger charge is 2.08. The van der Waals surface area contributed by atoms with Crippen LogP contribution >= 0.6 is 0 Å². The highest BCUT2D eigenvalue weighted by molar-refractivity contribution is 5.67. The van der Waals surface area contributed by atoms with Gasteiger partial charge in [-0.2, -0.15) is 10.5 Å². The van der Waals surface area contributed by atoms with Crippen LogP contribution in [0.4, 0.5) is 0 Å².